The summed E-state index contributed by atoms with van der Waals surface area (Å²) in [7, 11) is 1.59. The van der Waals surface area contributed by atoms with E-state index in [0.717, 1.165) is 29.0 Å². The van der Waals surface area contributed by atoms with Gasteiger partial charge in [-0.25, -0.2) is 4.39 Å². The molecule has 0 heterocycles. The van der Waals surface area contributed by atoms with Gasteiger partial charge in [-0.2, -0.15) is 0 Å². The first-order valence-corrected chi connectivity index (χ1v) is 11.4. The molecule has 1 amide bonds. The molecule has 0 aliphatic carbocycles. The number of ether oxygens (including phenoxy) is 2. The molecule has 3 rings (SSSR count). The Balaban J connectivity index is 1.30. The van der Waals surface area contributed by atoms with E-state index in [1.165, 1.54) is 29.6 Å². The van der Waals surface area contributed by atoms with Gasteiger partial charge in [-0.1, -0.05) is 24.3 Å². The highest BCUT2D eigenvalue weighted by Gasteiger charge is 2.04. The van der Waals surface area contributed by atoms with Crippen LogP contribution in [0.4, 0.5) is 15.8 Å². The Morgan fingerprint density at radius 2 is 1.76 bits per heavy atom. The lowest BCUT2D eigenvalue weighted by molar-refractivity contribution is -0.126. The number of halogens is 1. The highest BCUT2D eigenvalue weighted by Crippen LogP contribution is 2.28. The average Bonchev–Trinajstić information content (AvgIpc) is 2.83. The number of nitrogens with one attached hydrogen (secondary N) is 2. The van der Waals surface area contributed by atoms with Crippen LogP contribution in [0.5, 0.6) is 5.75 Å². The highest BCUT2D eigenvalue weighted by atomic mass is 32.2. The molecule has 0 fully saturated rings. The molecule has 0 radical (unpaired) electrons. The summed E-state index contributed by atoms with van der Waals surface area (Å²) in [4.78, 5) is 13.0. The second-order valence-electron chi connectivity index (χ2n) is 7.38. The maximum atomic E-state index is 12.9. The van der Waals surface area contributed by atoms with Gasteiger partial charge in [-0.15, -0.1) is 0 Å². The fourth-order valence-corrected chi connectivity index (χ4v) is 3.67. The molecule has 4 N–H and O–H groups in total. The van der Waals surface area contributed by atoms with Gasteiger partial charge in [0.2, 0.25) is 5.91 Å². The third-order valence-corrected chi connectivity index (χ3v) is 5.67. The standard InChI is InChI=1S/C25H28FN3O3S/c1-31-24-15-21(10-13-23(24)27)29-33-22-11-6-18(7-12-22)3-2-14-28-25(30)17-32-16-19-4-8-20(26)9-5-19/h4-13,15,29H,2-3,14,16-17,27H2,1H3,(H,28,30). The zero-order valence-corrected chi connectivity index (χ0v) is 19.3. The minimum Gasteiger partial charge on any atom is -0.495 e. The van der Waals surface area contributed by atoms with Crippen LogP contribution < -0.4 is 20.5 Å². The van der Waals surface area contributed by atoms with Crippen molar-refractivity contribution in [2.45, 2.75) is 24.3 Å². The number of carbonyl (C=O) groups excluding carboxylic acids is 1. The molecule has 3 aromatic rings. The van der Waals surface area contributed by atoms with E-state index in [1.807, 2.05) is 12.1 Å². The minimum atomic E-state index is -0.291. The zero-order valence-electron chi connectivity index (χ0n) is 18.5. The number of hydrogen-bond donors (Lipinski definition) is 3. The lowest BCUT2D eigenvalue weighted by Crippen LogP contribution is -2.28. The molecule has 0 bridgehead atoms. The number of aryl methyl sites for hydroxylation is 1. The number of methoxy groups -OCH3 is 1. The first-order chi connectivity index (χ1) is 16.0. The lowest BCUT2D eigenvalue weighted by atomic mass is 10.1. The molecule has 0 aliphatic rings. The maximum Gasteiger partial charge on any atom is 0.246 e. The van der Waals surface area contributed by atoms with Crippen LogP contribution in [-0.4, -0.2) is 26.2 Å². The summed E-state index contributed by atoms with van der Waals surface area (Å²) in [6, 6.07) is 19.9. The van der Waals surface area contributed by atoms with Gasteiger partial charge >= 0.3 is 0 Å². The van der Waals surface area contributed by atoms with Crippen molar-refractivity contribution in [2.24, 2.45) is 0 Å². The van der Waals surface area contributed by atoms with Crippen LogP contribution in [-0.2, 0) is 22.6 Å². The van der Waals surface area contributed by atoms with Crippen molar-refractivity contribution in [1.29, 1.82) is 0 Å². The van der Waals surface area contributed by atoms with Crippen LogP contribution >= 0.6 is 11.9 Å². The third-order valence-electron chi connectivity index (χ3n) is 4.82. The van der Waals surface area contributed by atoms with Crippen LogP contribution in [0, 0.1) is 5.82 Å². The molecule has 33 heavy (non-hydrogen) atoms. The van der Waals surface area contributed by atoms with Gasteiger partial charge in [0.1, 0.15) is 18.2 Å². The van der Waals surface area contributed by atoms with E-state index < -0.39 is 0 Å². The summed E-state index contributed by atoms with van der Waals surface area (Å²) >= 11 is 1.51. The number of nitrogens with two attached hydrogens (primary N) is 1. The Bertz CT molecular complexity index is 1030. The van der Waals surface area contributed by atoms with Gasteiger partial charge < -0.3 is 25.2 Å². The molecular formula is C25H28FN3O3S. The largest absolute Gasteiger partial charge is 0.495 e. The van der Waals surface area contributed by atoms with Crippen LogP contribution in [0.25, 0.3) is 0 Å². The topological polar surface area (TPSA) is 85.6 Å². The monoisotopic (exact) mass is 469 g/mol. The molecule has 174 valence electrons. The van der Waals surface area contributed by atoms with Crippen molar-refractivity contribution < 1.29 is 18.7 Å². The Morgan fingerprint density at radius 3 is 2.48 bits per heavy atom. The summed E-state index contributed by atoms with van der Waals surface area (Å²) < 4.78 is 26.8. The minimum absolute atomic E-state index is 0.0177. The van der Waals surface area contributed by atoms with Crippen LogP contribution in [0.2, 0.25) is 0 Å². The normalized spacial score (nSPS) is 10.6. The smallest absolute Gasteiger partial charge is 0.246 e. The first kappa shape index (κ1) is 24.4. The fraction of sp³-hybridized carbons (Fsp3) is 0.240. The van der Waals surface area contributed by atoms with E-state index in [2.05, 4.69) is 34.3 Å². The average molecular weight is 470 g/mol. The summed E-state index contributed by atoms with van der Waals surface area (Å²) in [6.07, 6.45) is 1.70. The summed E-state index contributed by atoms with van der Waals surface area (Å²) in [6.45, 7) is 0.838. The number of anilines is 2. The van der Waals surface area contributed by atoms with E-state index in [0.29, 0.717) is 18.0 Å². The summed E-state index contributed by atoms with van der Waals surface area (Å²) in [5.74, 6) is 0.192. The maximum absolute atomic E-state index is 12.9. The number of hydrogen-bond acceptors (Lipinski definition) is 6. The number of rotatable bonds is 12. The quantitative estimate of drug-likeness (QED) is 0.201. The van der Waals surface area contributed by atoms with Crippen molar-refractivity contribution in [3.05, 3.63) is 83.7 Å². The van der Waals surface area contributed by atoms with E-state index in [9.17, 15) is 9.18 Å². The molecule has 0 unspecified atom stereocenters. The Morgan fingerprint density at radius 1 is 1.03 bits per heavy atom. The van der Waals surface area contributed by atoms with Gasteiger partial charge in [0.15, 0.2) is 0 Å². The highest BCUT2D eigenvalue weighted by molar-refractivity contribution is 8.00. The predicted molar refractivity (Wildman–Crippen MR) is 131 cm³/mol. The van der Waals surface area contributed by atoms with Crippen LogP contribution in [0.3, 0.4) is 0 Å². The van der Waals surface area contributed by atoms with Crippen molar-refractivity contribution in [1.82, 2.24) is 5.32 Å². The van der Waals surface area contributed by atoms with E-state index >= 15 is 0 Å². The molecular weight excluding hydrogens is 441 g/mol. The van der Waals surface area contributed by atoms with Crippen molar-refractivity contribution in [3.8, 4) is 5.75 Å². The molecule has 0 spiro atoms. The van der Waals surface area contributed by atoms with E-state index in [4.69, 9.17) is 15.2 Å². The lowest BCUT2D eigenvalue weighted by Gasteiger charge is -2.10. The Kier molecular flexibility index (Phi) is 9.41. The zero-order chi connectivity index (χ0) is 23.5. The molecule has 0 aromatic heterocycles. The van der Waals surface area contributed by atoms with Gasteiger partial charge in [0, 0.05) is 23.2 Å². The number of nitrogen functional groups attached to an aromatic ring is 1. The number of carbonyl (C=O) groups is 1. The SMILES string of the molecule is COc1cc(NSc2ccc(CCCNC(=O)COCc3ccc(F)cc3)cc2)ccc1N. The van der Waals surface area contributed by atoms with Crippen molar-refractivity contribution in [3.63, 3.8) is 0 Å². The van der Waals surface area contributed by atoms with Gasteiger partial charge in [0.05, 0.1) is 19.4 Å². The Labute approximate surface area is 197 Å². The molecule has 3 aromatic carbocycles. The first-order valence-electron chi connectivity index (χ1n) is 10.6. The summed E-state index contributed by atoms with van der Waals surface area (Å²) in [5, 5.41) is 2.85. The van der Waals surface area contributed by atoms with Gasteiger partial charge in [-0.3, -0.25) is 4.79 Å². The summed E-state index contributed by atoms with van der Waals surface area (Å²) in [5.41, 5.74) is 9.38. The number of amides is 1. The second kappa shape index (κ2) is 12.7. The third kappa shape index (κ3) is 8.32. The van der Waals surface area contributed by atoms with Crippen LogP contribution in [0.15, 0.2) is 71.6 Å². The molecule has 0 saturated carbocycles. The number of benzene rings is 3. The molecule has 0 aliphatic heterocycles. The molecule has 0 atom stereocenters. The van der Waals surface area contributed by atoms with Crippen molar-refractivity contribution in [2.75, 3.05) is 30.7 Å². The molecule has 6 nitrogen and oxygen atoms in total. The van der Waals surface area contributed by atoms with Crippen LogP contribution in [0.1, 0.15) is 17.5 Å². The second-order valence-corrected chi connectivity index (χ2v) is 8.26. The molecule has 0 saturated heterocycles. The van der Waals surface area contributed by atoms with Gasteiger partial charge in [-0.05, 0) is 72.3 Å². The molecule has 8 heteroatoms. The van der Waals surface area contributed by atoms with Crippen molar-refractivity contribution >= 4 is 29.2 Å². The van der Waals surface area contributed by atoms with Gasteiger partial charge in [0.25, 0.3) is 0 Å². The predicted octanol–water partition coefficient (Wildman–Crippen LogP) is 4.80. The van der Waals surface area contributed by atoms with E-state index in [-0.39, 0.29) is 24.9 Å². The Hall–Kier alpha value is -3.23. The fourth-order valence-electron chi connectivity index (χ4n) is 3.03. The van der Waals surface area contributed by atoms with E-state index in [1.54, 1.807) is 25.3 Å².